The SMILES string of the molecule is [CH2]c1nc(CCCCCCCCCCCCCCCCC)cc(CCCCCCCCCCCCCCCCC)n1. The molecule has 0 bridgehead atoms. The van der Waals surface area contributed by atoms with Crippen LogP contribution in [0.4, 0.5) is 0 Å². The van der Waals surface area contributed by atoms with E-state index in [9.17, 15) is 0 Å². The molecular formula is C39H73N2. The predicted molar refractivity (Wildman–Crippen MR) is 184 cm³/mol. The normalized spacial score (nSPS) is 11.5. The molecule has 1 radical (unpaired) electrons. The first-order valence-corrected chi connectivity index (χ1v) is 18.9. The molecule has 0 unspecified atom stereocenters. The number of unbranched alkanes of at least 4 members (excludes halogenated alkanes) is 28. The molecule has 0 atom stereocenters. The number of aromatic nitrogens is 2. The van der Waals surface area contributed by atoms with Crippen LogP contribution in [0.2, 0.25) is 0 Å². The molecule has 2 nitrogen and oxygen atoms in total. The van der Waals surface area contributed by atoms with Crippen LogP contribution < -0.4 is 0 Å². The van der Waals surface area contributed by atoms with Crippen molar-refractivity contribution in [2.24, 2.45) is 0 Å². The van der Waals surface area contributed by atoms with Gasteiger partial charge in [-0.25, -0.2) is 9.97 Å². The maximum absolute atomic E-state index is 4.64. The van der Waals surface area contributed by atoms with Gasteiger partial charge >= 0.3 is 0 Å². The lowest BCUT2D eigenvalue weighted by Gasteiger charge is -2.07. The van der Waals surface area contributed by atoms with Gasteiger partial charge in [0, 0.05) is 18.3 Å². The summed E-state index contributed by atoms with van der Waals surface area (Å²) in [6.07, 6.45) is 44.6. The van der Waals surface area contributed by atoms with Crippen LogP contribution in [0.15, 0.2) is 6.07 Å². The Balaban J connectivity index is 1.93. The molecule has 239 valence electrons. The molecule has 0 spiro atoms. The Morgan fingerprint density at radius 1 is 0.366 bits per heavy atom. The molecule has 0 saturated heterocycles. The van der Waals surface area contributed by atoms with Gasteiger partial charge < -0.3 is 0 Å². The Labute approximate surface area is 259 Å². The highest BCUT2D eigenvalue weighted by Crippen LogP contribution is 2.16. The fourth-order valence-electron chi connectivity index (χ4n) is 6.22. The van der Waals surface area contributed by atoms with Gasteiger partial charge in [0.15, 0.2) is 0 Å². The van der Waals surface area contributed by atoms with Crippen molar-refractivity contribution in [3.05, 3.63) is 30.2 Å². The summed E-state index contributed by atoms with van der Waals surface area (Å²) in [6.45, 7) is 8.66. The summed E-state index contributed by atoms with van der Waals surface area (Å²) in [6, 6.07) is 2.27. The van der Waals surface area contributed by atoms with Gasteiger partial charge in [-0.3, -0.25) is 0 Å². The molecule has 0 amide bonds. The van der Waals surface area contributed by atoms with Crippen LogP contribution in [0.5, 0.6) is 0 Å². The lowest BCUT2D eigenvalue weighted by Crippen LogP contribution is -2.01. The fraction of sp³-hybridized carbons (Fsp3) is 0.872. The van der Waals surface area contributed by atoms with Gasteiger partial charge in [-0.05, 0) is 31.7 Å². The van der Waals surface area contributed by atoms with Crippen LogP contribution in [0, 0.1) is 6.92 Å². The van der Waals surface area contributed by atoms with Crippen LogP contribution >= 0.6 is 0 Å². The van der Waals surface area contributed by atoms with Gasteiger partial charge in [0.05, 0.1) is 0 Å². The second-order valence-corrected chi connectivity index (χ2v) is 13.2. The predicted octanol–water partition coefficient (Wildman–Crippen LogP) is 13.5. The third kappa shape index (κ3) is 26.4. The summed E-state index contributed by atoms with van der Waals surface area (Å²) in [5, 5.41) is 0. The zero-order valence-electron chi connectivity index (χ0n) is 28.3. The van der Waals surface area contributed by atoms with Crippen molar-refractivity contribution in [1.82, 2.24) is 9.97 Å². The van der Waals surface area contributed by atoms with Crippen molar-refractivity contribution >= 4 is 0 Å². The standard InChI is InChI=1S/C39H73N2/c1-4-6-8-10-12-14-16-18-20-22-24-26-28-30-32-34-38-36-39(41-37(3)40-38)35-33-31-29-27-25-23-21-19-17-15-13-11-9-7-5-2/h36H,3-35H2,1-2H3. The molecule has 0 saturated carbocycles. The minimum atomic E-state index is 0.722. The fourth-order valence-corrected chi connectivity index (χ4v) is 6.22. The molecule has 0 fully saturated rings. The van der Waals surface area contributed by atoms with Crippen molar-refractivity contribution in [1.29, 1.82) is 0 Å². The summed E-state index contributed by atoms with van der Waals surface area (Å²) >= 11 is 0. The average Bonchev–Trinajstić information content (AvgIpc) is 2.97. The Hall–Kier alpha value is -0.920. The molecule has 1 heterocycles. The van der Waals surface area contributed by atoms with Gasteiger partial charge in [-0.1, -0.05) is 194 Å². The molecule has 0 N–H and O–H groups in total. The van der Waals surface area contributed by atoms with Crippen molar-refractivity contribution in [3.63, 3.8) is 0 Å². The minimum absolute atomic E-state index is 0.722. The molecular weight excluding hydrogens is 496 g/mol. The summed E-state index contributed by atoms with van der Waals surface area (Å²) in [5.41, 5.74) is 2.44. The van der Waals surface area contributed by atoms with E-state index in [4.69, 9.17) is 0 Å². The highest BCUT2D eigenvalue weighted by Gasteiger charge is 2.04. The van der Waals surface area contributed by atoms with Gasteiger partial charge in [0.2, 0.25) is 0 Å². The lowest BCUT2D eigenvalue weighted by atomic mass is 10.0. The number of hydrogen-bond donors (Lipinski definition) is 0. The Morgan fingerprint density at radius 3 is 0.829 bits per heavy atom. The van der Waals surface area contributed by atoms with Crippen LogP contribution in [-0.2, 0) is 12.8 Å². The number of rotatable bonds is 32. The first kappa shape index (κ1) is 38.1. The number of aryl methyl sites for hydroxylation is 2. The van der Waals surface area contributed by atoms with E-state index < -0.39 is 0 Å². The van der Waals surface area contributed by atoms with Gasteiger partial charge in [0.25, 0.3) is 0 Å². The van der Waals surface area contributed by atoms with E-state index in [1.54, 1.807) is 0 Å². The molecule has 0 aromatic carbocycles. The zero-order chi connectivity index (χ0) is 29.5. The zero-order valence-corrected chi connectivity index (χ0v) is 28.3. The summed E-state index contributed by atoms with van der Waals surface area (Å²) in [7, 11) is 0. The van der Waals surface area contributed by atoms with E-state index in [1.807, 2.05) is 0 Å². The van der Waals surface area contributed by atoms with Crippen molar-refractivity contribution < 1.29 is 0 Å². The van der Waals surface area contributed by atoms with Crippen molar-refractivity contribution in [3.8, 4) is 0 Å². The molecule has 1 aromatic rings. The number of hydrogen-bond acceptors (Lipinski definition) is 2. The highest BCUT2D eigenvalue weighted by atomic mass is 14.9. The van der Waals surface area contributed by atoms with Gasteiger partial charge in [0.1, 0.15) is 5.82 Å². The second-order valence-electron chi connectivity index (χ2n) is 13.2. The molecule has 0 aliphatic heterocycles. The summed E-state index contributed by atoms with van der Waals surface area (Å²) in [5.74, 6) is 0.722. The van der Waals surface area contributed by atoms with E-state index in [2.05, 4.69) is 36.8 Å². The molecule has 1 rings (SSSR count). The monoisotopic (exact) mass is 570 g/mol. The molecule has 0 aliphatic rings. The minimum Gasteiger partial charge on any atom is -0.238 e. The maximum Gasteiger partial charge on any atom is 0.129 e. The van der Waals surface area contributed by atoms with E-state index in [0.29, 0.717) is 0 Å². The second kappa shape index (κ2) is 30.5. The lowest BCUT2D eigenvalue weighted by molar-refractivity contribution is 0.531. The smallest absolute Gasteiger partial charge is 0.129 e. The van der Waals surface area contributed by atoms with Crippen molar-refractivity contribution in [2.45, 2.75) is 219 Å². The Bertz CT molecular complexity index is 603. The molecule has 2 heteroatoms. The summed E-state index contributed by atoms with van der Waals surface area (Å²) in [4.78, 5) is 9.27. The van der Waals surface area contributed by atoms with E-state index in [-0.39, 0.29) is 0 Å². The average molecular weight is 570 g/mol. The van der Waals surface area contributed by atoms with Gasteiger partial charge in [-0.2, -0.15) is 0 Å². The molecule has 0 aliphatic carbocycles. The van der Waals surface area contributed by atoms with E-state index >= 15 is 0 Å². The van der Waals surface area contributed by atoms with Crippen LogP contribution in [0.3, 0.4) is 0 Å². The topological polar surface area (TPSA) is 25.8 Å². The van der Waals surface area contributed by atoms with E-state index in [1.165, 1.54) is 204 Å². The first-order valence-electron chi connectivity index (χ1n) is 18.9. The molecule has 1 aromatic heterocycles. The largest absolute Gasteiger partial charge is 0.238 e. The van der Waals surface area contributed by atoms with Crippen LogP contribution in [0.25, 0.3) is 0 Å². The highest BCUT2D eigenvalue weighted by molar-refractivity contribution is 5.13. The summed E-state index contributed by atoms with van der Waals surface area (Å²) < 4.78 is 0. The van der Waals surface area contributed by atoms with E-state index in [0.717, 1.165) is 18.7 Å². The maximum atomic E-state index is 4.64. The third-order valence-corrected chi connectivity index (χ3v) is 8.95. The quantitative estimate of drug-likeness (QED) is 0.0806. The number of nitrogens with zero attached hydrogens (tertiary/aromatic N) is 2. The first-order chi connectivity index (χ1) is 20.3. The van der Waals surface area contributed by atoms with Crippen molar-refractivity contribution in [2.75, 3.05) is 0 Å². The Morgan fingerprint density at radius 2 is 0.585 bits per heavy atom. The van der Waals surface area contributed by atoms with Crippen LogP contribution in [0.1, 0.15) is 224 Å². The van der Waals surface area contributed by atoms with Gasteiger partial charge in [-0.15, -0.1) is 0 Å². The Kier molecular flexibility index (Phi) is 28.4. The van der Waals surface area contributed by atoms with Crippen LogP contribution in [-0.4, -0.2) is 9.97 Å². The third-order valence-electron chi connectivity index (χ3n) is 8.95. The molecule has 41 heavy (non-hydrogen) atoms.